The smallest absolute Gasteiger partial charge is 0.341 e. The number of carbonyl (C=O) groups is 1. The Morgan fingerprint density at radius 2 is 2.36 bits per heavy atom. The fourth-order valence-corrected chi connectivity index (χ4v) is 1.44. The van der Waals surface area contributed by atoms with Gasteiger partial charge in [0.2, 0.25) is 0 Å². The molecule has 0 saturated carbocycles. The van der Waals surface area contributed by atoms with Crippen LogP contribution >= 0.6 is 11.8 Å². The highest BCUT2D eigenvalue weighted by molar-refractivity contribution is 7.98. The van der Waals surface area contributed by atoms with E-state index >= 15 is 0 Å². The number of pyridine rings is 1. The number of carboxylic acids is 1. The predicted octanol–water partition coefficient (Wildman–Crippen LogP) is 0.909. The van der Waals surface area contributed by atoms with Gasteiger partial charge in [-0.05, 0) is 18.4 Å². The molecule has 0 bridgehead atoms. The Labute approximate surface area is 85.6 Å². The van der Waals surface area contributed by atoms with E-state index in [4.69, 9.17) is 5.11 Å². The molecule has 0 atom stereocenters. The van der Waals surface area contributed by atoms with Crippen LogP contribution in [0.25, 0.3) is 0 Å². The molecule has 0 aliphatic carbocycles. The van der Waals surface area contributed by atoms with Crippen molar-refractivity contribution in [3.05, 3.63) is 34.2 Å². The van der Waals surface area contributed by atoms with Crippen LogP contribution in [0.2, 0.25) is 0 Å². The number of aromatic carboxylic acids is 1. The Morgan fingerprint density at radius 3 is 2.93 bits per heavy atom. The zero-order chi connectivity index (χ0) is 10.6. The van der Waals surface area contributed by atoms with Crippen molar-refractivity contribution in [2.75, 3.05) is 12.0 Å². The maximum Gasteiger partial charge on any atom is 0.341 e. The lowest BCUT2D eigenvalue weighted by Crippen LogP contribution is -2.26. The van der Waals surface area contributed by atoms with Gasteiger partial charge in [0.25, 0.3) is 5.56 Å². The lowest BCUT2D eigenvalue weighted by Gasteiger charge is -2.04. The van der Waals surface area contributed by atoms with Crippen molar-refractivity contribution < 1.29 is 9.90 Å². The lowest BCUT2D eigenvalue weighted by atomic mass is 10.3. The van der Waals surface area contributed by atoms with Crippen LogP contribution in [0.3, 0.4) is 0 Å². The molecule has 0 saturated heterocycles. The Hall–Kier alpha value is -1.23. The van der Waals surface area contributed by atoms with Crippen LogP contribution in [0, 0.1) is 0 Å². The first kappa shape index (κ1) is 10.8. The van der Waals surface area contributed by atoms with E-state index in [9.17, 15) is 9.59 Å². The molecule has 0 spiro atoms. The summed E-state index contributed by atoms with van der Waals surface area (Å²) in [4.78, 5) is 22.1. The van der Waals surface area contributed by atoms with Gasteiger partial charge in [0.05, 0.1) is 0 Å². The van der Waals surface area contributed by atoms with Crippen LogP contribution in [0.4, 0.5) is 0 Å². The summed E-state index contributed by atoms with van der Waals surface area (Å²) in [5, 5.41) is 8.70. The Kier molecular flexibility index (Phi) is 3.76. The molecule has 0 radical (unpaired) electrons. The Balaban J connectivity index is 3.02. The Morgan fingerprint density at radius 1 is 1.64 bits per heavy atom. The van der Waals surface area contributed by atoms with E-state index in [2.05, 4.69) is 0 Å². The van der Waals surface area contributed by atoms with Crippen LogP contribution in [0.5, 0.6) is 0 Å². The average molecular weight is 213 g/mol. The minimum atomic E-state index is -1.17. The highest BCUT2D eigenvalue weighted by atomic mass is 32.2. The molecule has 0 unspecified atom stereocenters. The number of nitrogens with zero attached hydrogens (tertiary/aromatic N) is 1. The number of aryl methyl sites for hydroxylation is 1. The van der Waals surface area contributed by atoms with E-state index in [0.717, 1.165) is 5.75 Å². The predicted molar refractivity (Wildman–Crippen MR) is 56.0 cm³/mol. The summed E-state index contributed by atoms with van der Waals surface area (Å²) in [5.74, 6) is -0.378. The van der Waals surface area contributed by atoms with Gasteiger partial charge in [0.1, 0.15) is 5.56 Å². The van der Waals surface area contributed by atoms with E-state index in [0.29, 0.717) is 6.54 Å². The number of thioether (sulfide) groups is 1. The van der Waals surface area contributed by atoms with E-state index in [-0.39, 0.29) is 5.56 Å². The number of aromatic nitrogens is 1. The zero-order valence-corrected chi connectivity index (χ0v) is 8.58. The maximum absolute atomic E-state index is 11.5. The fourth-order valence-electron chi connectivity index (χ4n) is 1.07. The number of hydrogen-bond acceptors (Lipinski definition) is 3. The van der Waals surface area contributed by atoms with Crippen LogP contribution in [-0.2, 0) is 6.54 Å². The molecular formula is C9H11NO3S. The molecule has 1 N–H and O–H groups in total. The normalized spacial score (nSPS) is 10.1. The SMILES string of the molecule is CSCCn1cccc(C(=O)O)c1=O. The fraction of sp³-hybridized carbons (Fsp3) is 0.333. The van der Waals surface area contributed by atoms with E-state index < -0.39 is 11.5 Å². The van der Waals surface area contributed by atoms with Gasteiger partial charge in [-0.3, -0.25) is 4.79 Å². The molecule has 5 heteroatoms. The number of hydrogen-bond donors (Lipinski definition) is 1. The van der Waals surface area contributed by atoms with Crippen LogP contribution in [0.1, 0.15) is 10.4 Å². The summed E-state index contributed by atoms with van der Waals surface area (Å²) in [6.45, 7) is 0.543. The summed E-state index contributed by atoms with van der Waals surface area (Å²) in [6.07, 6.45) is 3.54. The minimum absolute atomic E-state index is 0.173. The van der Waals surface area contributed by atoms with Crippen molar-refractivity contribution in [2.45, 2.75) is 6.54 Å². The highest BCUT2D eigenvalue weighted by Crippen LogP contribution is 1.96. The molecule has 1 rings (SSSR count). The number of carboxylic acid groups (broad SMARTS) is 1. The summed E-state index contributed by atoms with van der Waals surface area (Å²) >= 11 is 1.61. The third-order valence-corrected chi connectivity index (χ3v) is 2.38. The van der Waals surface area contributed by atoms with Crippen molar-refractivity contribution in [1.82, 2.24) is 4.57 Å². The van der Waals surface area contributed by atoms with Crippen LogP contribution in [0.15, 0.2) is 23.1 Å². The average Bonchev–Trinajstić information content (AvgIpc) is 2.16. The third kappa shape index (κ3) is 2.38. The van der Waals surface area contributed by atoms with Crippen LogP contribution < -0.4 is 5.56 Å². The Bertz CT molecular complexity index is 386. The molecule has 1 aromatic heterocycles. The molecule has 0 aliphatic rings. The first-order valence-electron chi connectivity index (χ1n) is 4.08. The van der Waals surface area contributed by atoms with Gasteiger partial charge in [0, 0.05) is 18.5 Å². The first-order valence-corrected chi connectivity index (χ1v) is 5.48. The monoisotopic (exact) mass is 213 g/mol. The van der Waals surface area contributed by atoms with Gasteiger partial charge in [-0.1, -0.05) is 0 Å². The van der Waals surface area contributed by atoms with Gasteiger partial charge in [0.15, 0.2) is 0 Å². The van der Waals surface area contributed by atoms with Crippen molar-refractivity contribution in [1.29, 1.82) is 0 Å². The quantitative estimate of drug-likeness (QED) is 0.807. The summed E-state index contributed by atoms with van der Waals surface area (Å²) in [5.41, 5.74) is -0.609. The van der Waals surface area contributed by atoms with Gasteiger partial charge in [-0.2, -0.15) is 11.8 Å². The molecular weight excluding hydrogens is 202 g/mol. The zero-order valence-electron chi connectivity index (χ0n) is 7.77. The van der Waals surface area contributed by atoms with Gasteiger partial charge in [-0.25, -0.2) is 4.79 Å². The molecule has 1 heterocycles. The molecule has 0 amide bonds. The second kappa shape index (κ2) is 4.85. The van der Waals surface area contributed by atoms with E-state index in [1.54, 1.807) is 24.0 Å². The summed E-state index contributed by atoms with van der Waals surface area (Å²) in [6, 6.07) is 2.89. The third-order valence-electron chi connectivity index (χ3n) is 1.79. The maximum atomic E-state index is 11.5. The van der Waals surface area contributed by atoms with Gasteiger partial charge < -0.3 is 9.67 Å². The molecule has 0 aromatic carbocycles. The lowest BCUT2D eigenvalue weighted by molar-refractivity contribution is 0.0694. The minimum Gasteiger partial charge on any atom is -0.477 e. The van der Waals surface area contributed by atoms with E-state index in [1.165, 1.54) is 10.6 Å². The topological polar surface area (TPSA) is 59.3 Å². The van der Waals surface area contributed by atoms with Crippen LogP contribution in [-0.4, -0.2) is 27.7 Å². The largest absolute Gasteiger partial charge is 0.477 e. The molecule has 14 heavy (non-hydrogen) atoms. The first-order chi connectivity index (χ1) is 6.66. The summed E-state index contributed by atoms with van der Waals surface area (Å²) in [7, 11) is 0. The molecule has 1 aromatic rings. The van der Waals surface area contributed by atoms with Crippen molar-refractivity contribution in [3.8, 4) is 0 Å². The van der Waals surface area contributed by atoms with E-state index in [1.807, 2.05) is 6.26 Å². The van der Waals surface area contributed by atoms with Gasteiger partial charge in [-0.15, -0.1) is 0 Å². The molecule has 0 fully saturated rings. The summed E-state index contributed by atoms with van der Waals surface area (Å²) < 4.78 is 1.42. The molecule has 76 valence electrons. The van der Waals surface area contributed by atoms with Crippen molar-refractivity contribution in [2.24, 2.45) is 0 Å². The molecule has 0 aliphatic heterocycles. The van der Waals surface area contributed by atoms with Gasteiger partial charge >= 0.3 is 5.97 Å². The van der Waals surface area contributed by atoms with Crippen molar-refractivity contribution in [3.63, 3.8) is 0 Å². The number of rotatable bonds is 4. The molecule has 4 nitrogen and oxygen atoms in total. The standard InChI is InChI=1S/C9H11NO3S/c1-14-6-5-10-4-2-3-7(8(10)11)9(12)13/h2-4H,5-6H2,1H3,(H,12,13). The second-order valence-electron chi connectivity index (χ2n) is 2.72. The second-order valence-corrected chi connectivity index (χ2v) is 3.70. The van der Waals surface area contributed by atoms with Crippen molar-refractivity contribution >= 4 is 17.7 Å². The highest BCUT2D eigenvalue weighted by Gasteiger charge is 2.09.